The van der Waals surface area contributed by atoms with Crippen molar-refractivity contribution >= 4 is 17.5 Å². The molecular weight excluding hydrogens is 312 g/mol. The first-order chi connectivity index (χ1) is 12.1. The highest BCUT2D eigenvalue weighted by atomic mass is 16.2. The number of nitrogens with one attached hydrogen (secondary N) is 1. The summed E-state index contributed by atoms with van der Waals surface area (Å²) < 4.78 is 0. The fourth-order valence-electron chi connectivity index (χ4n) is 3.80. The van der Waals surface area contributed by atoms with Crippen molar-refractivity contribution in [1.82, 2.24) is 4.90 Å². The van der Waals surface area contributed by atoms with Gasteiger partial charge in [0.2, 0.25) is 11.8 Å². The number of carbonyl (C=O) groups is 2. The largest absolute Gasteiger partial charge is 0.331 e. The van der Waals surface area contributed by atoms with Gasteiger partial charge < -0.3 is 10.2 Å². The fourth-order valence-corrected chi connectivity index (χ4v) is 3.80. The molecule has 0 atom stereocenters. The summed E-state index contributed by atoms with van der Waals surface area (Å²) in [5.41, 5.74) is 3.23. The SMILES string of the molecule is CCc1cccc(CC)c1NC(=O)CN(C(C)=O)C1CCCCCC1. The first-order valence-electron chi connectivity index (χ1n) is 9.74. The number of hydrogen-bond acceptors (Lipinski definition) is 2. The molecule has 1 aliphatic rings. The van der Waals surface area contributed by atoms with Crippen LogP contribution < -0.4 is 5.32 Å². The lowest BCUT2D eigenvalue weighted by Crippen LogP contribution is -2.43. The van der Waals surface area contributed by atoms with Crippen LogP contribution in [-0.2, 0) is 22.4 Å². The maximum absolute atomic E-state index is 12.7. The van der Waals surface area contributed by atoms with Gasteiger partial charge in [-0.3, -0.25) is 9.59 Å². The molecular formula is C21H32N2O2. The van der Waals surface area contributed by atoms with E-state index in [1.165, 1.54) is 12.8 Å². The highest BCUT2D eigenvalue weighted by Crippen LogP contribution is 2.24. The summed E-state index contributed by atoms with van der Waals surface area (Å²) in [6.45, 7) is 5.92. The van der Waals surface area contributed by atoms with Gasteiger partial charge in [0.25, 0.3) is 0 Å². The number of amides is 2. The molecule has 2 amide bonds. The van der Waals surface area contributed by atoms with Crippen LogP contribution in [-0.4, -0.2) is 29.3 Å². The first kappa shape index (κ1) is 19.5. The summed E-state index contributed by atoms with van der Waals surface area (Å²) >= 11 is 0. The predicted molar refractivity (Wildman–Crippen MR) is 103 cm³/mol. The summed E-state index contributed by atoms with van der Waals surface area (Å²) in [7, 11) is 0. The fraction of sp³-hybridized carbons (Fsp3) is 0.619. The van der Waals surface area contributed by atoms with E-state index in [1.807, 2.05) is 6.07 Å². The summed E-state index contributed by atoms with van der Waals surface area (Å²) in [5, 5.41) is 3.09. The number of anilines is 1. The Morgan fingerprint density at radius 1 is 1.04 bits per heavy atom. The standard InChI is InChI=1S/C21H32N2O2/c1-4-17-11-10-12-18(5-2)21(17)22-20(25)15-23(16(3)24)19-13-8-6-7-9-14-19/h10-12,19H,4-9,13-15H2,1-3H3,(H,22,25). The Morgan fingerprint density at radius 2 is 1.60 bits per heavy atom. The minimum atomic E-state index is -0.0879. The Kier molecular flexibility index (Phi) is 7.48. The minimum Gasteiger partial charge on any atom is -0.331 e. The second kappa shape index (κ2) is 9.59. The first-order valence-corrected chi connectivity index (χ1v) is 9.74. The monoisotopic (exact) mass is 344 g/mol. The smallest absolute Gasteiger partial charge is 0.244 e. The Balaban J connectivity index is 2.10. The third-order valence-corrected chi connectivity index (χ3v) is 5.25. The third kappa shape index (κ3) is 5.32. The van der Waals surface area contributed by atoms with E-state index in [0.717, 1.165) is 55.3 Å². The highest BCUT2D eigenvalue weighted by molar-refractivity contribution is 5.95. The van der Waals surface area contributed by atoms with Crippen LogP contribution in [0.3, 0.4) is 0 Å². The van der Waals surface area contributed by atoms with Crippen molar-refractivity contribution in [3.63, 3.8) is 0 Å². The molecule has 1 N–H and O–H groups in total. The normalized spacial score (nSPS) is 15.5. The molecule has 1 saturated carbocycles. The van der Waals surface area contributed by atoms with Gasteiger partial charge in [-0.1, -0.05) is 57.7 Å². The van der Waals surface area contributed by atoms with E-state index in [4.69, 9.17) is 0 Å². The van der Waals surface area contributed by atoms with Gasteiger partial charge in [-0.25, -0.2) is 0 Å². The lowest BCUT2D eigenvalue weighted by Gasteiger charge is -2.30. The molecule has 1 fully saturated rings. The number of benzene rings is 1. The van der Waals surface area contributed by atoms with Crippen LogP contribution >= 0.6 is 0 Å². The second-order valence-electron chi connectivity index (χ2n) is 7.00. The van der Waals surface area contributed by atoms with Gasteiger partial charge in [0.15, 0.2) is 0 Å². The van der Waals surface area contributed by atoms with E-state index in [0.29, 0.717) is 0 Å². The lowest BCUT2D eigenvalue weighted by atomic mass is 10.0. The van der Waals surface area contributed by atoms with Gasteiger partial charge in [-0.2, -0.15) is 0 Å². The Morgan fingerprint density at radius 3 is 2.08 bits per heavy atom. The van der Waals surface area contributed by atoms with Crippen LogP contribution in [0, 0.1) is 0 Å². The van der Waals surface area contributed by atoms with Crippen molar-refractivity contribution in [1.29, 1.82) is 0 Å². The average molecular weight is 344 g/mol. The van der Waals surface area contributed by atoms with Crippen molar-refractivity contribution < 1.29 is 9.59 Å². The van der Waals surface area contributed by atoms with E-state index in [1.54, 1.807) is 11.8 Å². The van der Waals surface area contributed by atoms with Crippen LogP contribution in [0.25, 0.3) is 0 Å². The summed E-state index contributed by atoms with van der Waals surface area (Å²) in [6, 6.07) is 6.37. The zero-order chi connectivity index (χ0) is 18.2. The Labute approximate surface area is 152 Å². The third-order valence-electron chi connectivity index (χ3n) is 5.25. The number of hydrogen-bond donors (Lipinski definition) is 1. The van der Waals surface area contributed by atoms with Crippen molar-refractivity contribution in [2.24, 2.45) is 0 Å². The molecule has 2 rings (SSSR count). The van der Waals surface area contributed by atoms with Crippen LogP contribution in [0.5, 0.6) is 0 Å². The molecule has 1 aromatic carbocycles. The van der Waals surface area contributed by atoms with Gasteiger partial charge in [0.1, 0.15) is 6.54 Å². The molecule has 25 heavy (non-hydrogen) atoms. The number of aryl methyl sites for hydroxylation is 2. The van der Waals surface area contributed by atoms with Gasteiger partial charge in [0, 0.05) is 18.7 Å². The van der Waals surface area contributed by atoms with E-state index in [2.05, 4.69) is 31.3 Å². The highest BCUT2D eigenvalue weighted by Gasteiger charge is 2.24. The van der Waals surface area contributed by atoms with Crippen molar-refractivity contribution in [3.05, 3.63) is 29.3 Å². The van der Waals surface area contributed by atoms with Crippen molar-refractivity contribution in [2.75, 3.05) is 11.9 Å². The van der Waals surface area contributed by atoms with Crippen LogP contribution in [0.15, 0.2) is 18.2 Å². The summed E-state index contributed by atoms with van der Waals surface area (Å²) in [6.07, 6.45) is 8.54. The summed E-state index contributed by atoms with van der Waals surface area (Å²) in [5.74, 6) is -0.0865. The molecule has 0 bridgehead atoms. The van der Waals surface area contributed by atoms with Crippen molar-refractivity contribution in [3.8, 4) is 0 Å². The molecule has 0 saturated heterocycles. The van der Waals surface area contributed by atoms with E-state index >= 15 is 0 Å². The molecule has 0 aromatic heterocycles. The maximum Gasteiger partial charge on any atom is 0.244 e. The second-order valence-corrected chi connectivity index (χ2v) is 7.00. The van der Waals surface area contributed by atoms with Crippen molar-refractivity contribution in [2.45, 2.75) is 78.2 Å². The van der Waals surface area contributed by atoms with E-state index < -0.39 is 0 Å². The number of nitrogens with zero attached hydrogens (tertiary/aromatic N) is 1. The maximum atomic E-state index is 12.7. The predicted octanol–water partition coefficient (Wildman–Crippen LogP) is 4.32. The molecule has 0 heterocycles. The molecule has 138 valence electrons. The van der Waals surface area contributed by atoms with Gasteiger partial charge in [-0.15, -0.1) is 0 Å². The number of para-hydroxylation sites is 1. The Bertz CT molecular complexity index is 567. The van der Waals surface area contributed by atoms with Crippen LogP contribution in [0.1, 0.15) is 70.4 Å². The zero-order valence-corrected chi connectivity index (χ0v) is 15.9. The lowest BCUT2D eigenvalue weighted by molar-refractivity contribution is -0.135. The molecule has 0 radical (unpaired) electrons. The molecule has 0 spiro atoms. The van der Waals surface area contributed by atoms with E-state index in [-0.39, 0.29) is 24.4 Å². The molecule has 1 aromatic rings. The topological polar surface area (TPSA) is 49.4 Å². The summed E-state index contributed by atoms with van der Waals surface area (Å²) in [4.78, 5) is 26.6. The number of carbonyl (C=O) groups excluding carboxylic acids is 2. The molecule has 0 aliphatic heterocycles. The zero-order valence-electron chi connectivity index (χ0n) is 15.9. The van der Waals surface area contributed by atoms with Gasteiger partial charge in [0.05, 0.1) is 0 Å². The van der Waals surface area contributed by atoms with E-state index in [9.17, 15) is 9.59 Å². The minimum absolute atomic E-state index is 0.00143. The number of rotatable bonds is 6. The molecule has 0 unspecified atom stereocenters. The average Bonchev–Trinajstić information content (AvgIpc) is 2.88. The quantitative estimate of drug-likeness (QED) is 0.781. The van der Waals surface area contributed by atoms with Crippen LogP contribution in [0.2, 0.25) is 0 Å². The Hall–Kier alpha value is -1.84. The molecule has 1 aliphatic carbocycles. The van der Waals surface area contributed by atoms with Crippen LogP contribution in [0.4, 0.5) is 5.69 Å². The molecule has 4 heteroatoms. The van der Waals surface area contributed by atoms with Gasteiger partial charge >= 0.3 is 0 Å². The molecule has 4 nitrogen and oxygen atoms in total. The van der Waals surface area contributed by atoms with Gasteiger partial charge in [-0.05, 0) is 36.8 Å².